The topological polar surface area (TPSA) is 116 Å². The third-order valence-corrected chi connectivity index (χ3v) is 6.27. The molecule has 0 saturated heterocycles. The molecule has 2 aromatic carbocycles. The molecule has 0 radical (unpaired) electrons. The van der Waals surface area contributed by atoms with Crippen molar-refractivity contribution in [3.05, 3.63) is 69.8 Å². The predicted octanol–water partition coefficient (Wildman–Crippen LogP) is 1.26. The van der Waals surface area contributed by atoms with E-state index in [2.05, 4.69) is 5.10 Å². The lowest BCUT2D eigenvalue weighted by molar-refractivity contribution is -0.384. The van der Waals surface area contributed by atoms with Crippen LogP contribution in [0.5, 0.6) is 0 Å². The first-order chi connectivity index (χ1) is 13.2. The number of nitro groups is 1. The van der Waals surface area contributed by atoms with Crippen molar-refractivity contribution < 1.29 is 18.1 Å². The van der Waals surface area contributed by atoms with Crippen molar-refractivity contribution in [3.63, 3.8) is 0 Å². The van der Waals surface area contributed by atoms with Crippen molar-refractivity contribution >= 4 is 27.5 Å². The van der Waals surface area contributed by atoms with Gasteiger partial charge < -0.3 is 0 Å². The normalized spacial score (nSPS) is 19.4. The molecule has 10 nitrogen and oxygen atoms in total. The lowest BCUT2D eigenvalue weighted by Crippen LogP contribution is -2.53. The molecule has 2 aliphatic heterocycles. The molecule has 4 rings (SSSR count). The summed E-state index contributed by atoms with van der Waals surface area (Å²) < 4.78 is 27.1. The maximum atomic E-state index is 13.0. The highest BCUT2D eigenvalue weighted by Gasteiger charge is 2.52. The van der Waals surface area contributed by atoms with Gasteiger partial charge in [-0.15, -0.1) is 5.10 Å². The van der Waals surface area contributed by atoms with Gasteiger partial charge in [0.05, 0.1) is 9.82 Å². The molecule has 0 aliphatic carbocycles. The standard InChI is InChI=1S/C17H15N5O5S/c1-19(2)17-20(16(23)11-6-5-7-12(10-11)22(24)25)18-15-13-8-3-4-9-14(13)28(26,27)21(15)17/h3-10,17H,1-2H3. The zero-order valence-electron chi connectivity index (χ0n) is 14.9. The van der Waals surface area contributed by atoms with Crippen LogP contribution in [0.2, 0.25) is 0 Å². The summed E-state index contributed by atoms with van der Waals surface area (Å²) in [6, 6.07) is 11.7. The fourth-order valence-corrected chi connectivity index (χ4v) is 5.05. The molecule has 0 N–H and O–H groups in total. The second kappa shape index (κ2) is 6.11. The predicted molar refractivity (Wildman–Crippen MR) is 98.7 cm³/mol. The van der Waals surface area contributed by atoms with Gasteiger partial charge in [0.25, 0.3) is 21.6 Å². The minimum atomic E-state index is -3.89. The Morgan fingerprint density at radius 3 is 2.57 bits per heavy atom. The van der Waals surface area contributed by atoms with Gasteiger partial charge in [0.2, 0.25) is 0 Å². The first-order valence-corrected chi connectivity index (χ1v) is 9.64. The molecule has 28 heavy (non-hydrogen) atoms. The summed E-state index contributed by atoms with van der Waals surface area (Å²) in [7, 11) is -0.648. The van der Waals surface area contributed by atoms with Crippen molar-refractivity contribution in [1.82, 2.24) is 14.2 Å². The Bertz CT molecular complexity index is 1140. The Balaban J connectivity index is 1.83. The zero-order chi connectivity index (χ0) is 20.2. The van der Waals surface area contributed by atoms with Gasteiger partial charge in [0.15, 0.2) is 12.1 Å². The zero-order valence-corrected chi connectivity index (χ0v) is 15.7. The number of carbonyl (C=O) groups excluding carboxylic acids is 1. The average Bonchev–Trinajstić information content (AvgIpc) is 3.17. The summed E-state index contributed by atoms with van der Waals surface area (Å²) >= 11 is 0. The highest BCUT2D eigenvalue weighted by Crippen LogP contribution is 2.38. The number of fused-ring (bicyclic) bond motifs is 3. The van der Waals surface area contributed by atoms with E-state index in [1.807, 2.05) is 0 Å². The molecule has 0 aromatic heterocycles. The van der Waals surface area contributed by atoms with Crippen LogP contribution in [0.25, 0.3) is 0 Å². The molecular formula is C17H15N5O5S. The summed E-state index contributed by atoms with van der Waals surface area (Å²) in [4.78, 5) is 25.1. The summed E-state index contributed by atoms with van der Waals surface area (Å²) in [5, 5.41) is 16.3. The van der Waals surface area contributed by atoms with Gasteiger partial charge in [0.1, 0.15) is 0 Å². The number of benzene rings is 2. The Morgan fingerprint density at radius 1 is 1.18 bits per heavy atom. The Hall–Kier alpha value is -3.31. The summed E-state index contributed by atoms with van der Waals surface area (Å²) in [6.45, 7) is 0. The fraction of sp³-hybridized carbons (Fsp3) is 0.176. The molecule has 144 valence electrons. The van der Waals surface area contributed by atoms with Crippen LogP contribution in [-0.2, 0) is 10.0 Å². The molecule has 0 spiro atoms. The summed E-state index contributed by atoms with van der Waals surface area (Å²) in [5.74, 6) is -0.495. The molecule has 1 atom stereocenters. The maximum Gasteiger partial charge on any atom is 0.277 e. The summed E-state index contributed by atoms with van der Waals surface area (Å²) in [5.41, 5.74) is 0.207. The molecular weight excluding hydrogens is 386 g/mol. The van der Waals surface area contributed by atoms with Gasteiger partial charge in [0, 0.05) is 23.3 Å². The first-order valence-electron chi connectivity index (χ1n) is 8.20. The third kappa shape index (κ3) is 2.47. The number of carbonyl (C=O) groups is 1. The minimum absolute atomic E-state index is 0.0391. The maximum absolute atomic E-state index is 13.0. The van der Waals surface area contributed by atoms with Crippen molar-refractivity contribution in [2.75, 3.05) is 14.1 Å². The van der Waals surface area contributed by atoms with Crippen LogP contribution in [0.4, 0.5) is 5.69 Å². The highest BCUT2D eigenvalue weighted by molar-refractivity contribution is 7.90. The van der Waals surface area contributed by atoms with Crippen LogP contribution < -0.4 is 0 Å². The van der Waals surface area contributed by atoms with Gasteiger partial charge in [-0.05, 0) is 32.3 Å². The first kappa shape index (κ1) is 18.1. The van der Waals surface area contributed by atoms with E-state index in [1.165, 1.54) is 29.2 Å². The Labute approximate surface area is 160 Å². The number of hydrogen-bond acceptors (Lipinski definition) is 7. The van der Waals surface area contributed by atoms with Crippen LogP contribution in [0.3, 0.4) is 0 Å². The molecule has 2 heterocycles. The Kier molecular flexibility index (Phi) is 3.94. The van der Waals surface area contributed by atoms with Crippen LogP contribution in [0, 0.1) is 10.1 Å². The second-order valence-electron chi connectivity index (χ2n) is 6.49. The number of non-ortho nitro benzene ring substituents is 1. The number of amides is 1. The fourth-order valence-electron chi connectivity index (χ4n) is 3.26. The lowest BCUT2D eigenvalue weighted by atomic mass is 10.2. The number of hydrogen-bond donors (Lipinski definition) is 0. The third-order valence-electron chi connectivity index (χ3n) is 4.48. The largest absolute Gasteiger partial charge is 0.277 e. The summed E-state index contributed by atoms with van der Waals surface area (Å²) in [6.07, 6.45) is -1.03. The van der Waals surface area contributed by atoms with E-state index in [9.17, 15) is 23.3 Å². The highest BCUT2D eigenvalue weighted by atomic mass is 32.2. The molecule has 0 fully saturated rings. The van der Waals surface area contributed by atoms with Crippen molar-refractivity contribution in [1.29, 1.82) is 0 Å². The number of nitro benzene ring substituents is 1. The average molecular weight is 401 g/mol. The number of sulfonamides is 1. The molecule has 2 aromatic rings. The monoisotopic (exact) mass is 401 g/mol. The smallest absolute Gasteiger partial charge is 0.270 e. The number of nitrogens with zero attached hydrogens (tertiary/aromatic N) is 5. The van der Waals surface area contributed by atoms with E-state index >= 15 is 0 Å². The van der Waals surface area contributed by atoms with Crippen molar-refractivity contribution in [2.24, 2.45) is 5.10 Å². The van der Waals surface area contributed by atoms with E-state index in [4.69, 9.17) is 0 Å². The van der Waals surface area contributed by atoms with Gasteiger partial charge in [-0.1, -0.05) is 18.2 Å². The van der Waals surface area contributed by atoms with Crippen LogP contribution >= 0.6 is 0 Å². The molecule has 11 heteroatoms. The van der Waals surface area contributed by atoms with Gasteiger partial charge in [-0.2, -0.15) is 5.01 Å². The van der Waals surface area contributed by atoms with Crippen molar-refractivity contribution in [2.45, 2.75) is 11.2 Å². The van der Waals surface area contributed by atoms with Crippen LogP contribution in [-0.4, -0.2) is 59.7 Å². The molecule has 0 saturated carbocycles. The van der Waals surface area contributed by atoms with Crippen molar-refractivity contribution in [3.8, 4) is 0 Å². The van der Waals surface area contributed by atoms with E-state index in [0.717, 1.165) is 15.4 Å². The van der Waals surface area contributed by atoms with Gasteiger partial charge in [-0.3, -0.25) is 19.8 Å². The SMILES string of the molecule is CN(C)C1N(C(=O)c2cccc([N+](=O)[O-])c2)N=C2c3ccccc3S(=O)(=O)N21. The van der Waals surface area contributed by atoms with E-state index in [0.29, 0.717) is 5.56 Å². The molecule has 1 unspecified atom stereocenters. The second-order valence-corrected chi connectivity index (χ2v) is 8.27. The van der Waals surface area contributed by atoms with Gasteiger partial charge in [-0.25, -0.2) is 12.7 Å². The Morgan fingerprint density at radius 2 is 1.89 bits per heavy atom. The van der Waals surface area contributed by atoms with Gasteiger partial charge >= 0.3 is 0 Å². The van der Waals surface area contributed by atoms with Crippen LogP contribution in [0.1, 0.15) is 15.9 Å². The minimum Gasteiger partial charge on any atom is -0.270 e. The number of rotatable bonds is 3. The van der Waals surface area contributed by atoms with E-state index in [1.54, 1.807) is 32.3 Å². The van der Waals surface area contributed by atoms with E-state index in [-0.39, 0.29) is 22.0 Å². The number of hydrazone groups is 1. The quantitative estimate of drug-likeness (QED) is 0.565. The van der Waals surface area contributed by atoms with Crippen LogP contribution in [0.15, 0.2) is 58.5 Å². The molecule has 2 aliphatic rings. The lowest BCUT2D eigenvalue weighted by Gasteiger charge is -2.32. The molecule has 0 bridgehead atoms. The molecule has 1 amide bonds. The number of amidine groups is 1. The van der Waals surface area contributed by atoms with E-state index < -0.39 is 27.1 Å².